The van der Waals surface area contributed by atoms with E-state index in [1.807, 2.05) is 18.2 Å². The summed E-state index contributed by atoms with van der Waals surface area (Å²) in [5.41, 5.74) is 0.950. The number of aromatic nitrogens is 1. The first-order valence-electron chi connectivity index (χ1n) is 6.77. The molecule has 22 heavy (non-hydrogen) atoms. The molecule has 0 aliphatic rings. The second-order valence-electron chi connectivity index (χ2n) is 4.55. The number of hydrogen-bond donors (Lipinski definition) is 1. The van der Waals surface area contributed by atoms with Crippen molar-refractivity contribution < 1.29 is 14.3 Å². The van der Waals surface area contributed by atoms with Crippen LogP contribution in [0.3, 0.4) is 0 Å². The van der Waals surface area contributed by atoms with Crippen LogP contribution in [0, 0.1) is 0 Å². The molecule has 0 aliphatic heterocycles. The van der Waals surface area contributed by atoms with Gasteiger partial charge in [0.1, 0.15) is 0 Å². The Morgan fingerprint density at radius 3 is 2.64 bits per heavy atom. The maximum absolute atomic E-state index is 12.2. The molecule has 1 unspecified atom stereocenters. The number of benzene rings is 1. The quantitative estimate of drug-likeness (QED) is 0.827. The molecule has 0 saturated heterocycles. The first kappa shape index (κ1) is 16.2. The molecule has 0 radical (unpaired) electrons. The fourth-order valence-electron chi connectivity index (χ4n) is 1.79. The van der Waals surface area contributed by atoms with E-state index in [9.17, 15) is 9.59 Å². The molecule has 2 aromatic rings. The van der Waals surface area contributed by atoms with Crippen LogP contribution in [0.4, 0.5) is 5.69 Å². The van der Waals surface area contributed by atoms with Crippen molar-refractivity contribution in [1.29, 1.82) is 0 Å². The maximum Gasteiger partial charge on any atom is 0.340 e. The predicted molar refractivity (Wildman–Crippen MR) is 86.5 cm³/mol. The van der Waals surface area contributed by atoms with Crippen LogP contribution < -0.4 is 5.32 Å². The molecule has 1 aromatic carbocycles. The third kappa shape index (κ3) is 4.39. The van der Waals surface area contributed by atoms with Crippen LogP contribution in [0.25, 0.3) is 0 Å². The Kier molecular flexibility index (Phi) is 5.66. The average molecular weight is 363 g/mol. The van der Waals surface area contributed by atoms with Crippen LogP contribution in [0.2, 0.25) is 0 Å². The molecule has 1 atom stereocenters. The van der Waals surface area contributed by atoms with Crippen LogP contribution >= 0.6 is 15.9 Å². The lowest BCUT2D eigenvalue weighted by molar-refractivity contribution is -0.124. The number of halogens is 1. The summed E-state index contributed by atoms with van der Waals surface area (Å²) in [6.07, 6.45) is 2.49. The standard InChI is InChI=1S/C16H15BrN2O3/c1-2-14(15(20)19-13-6-4-3-5-7-13)22-16(21)11-8-12(17)10-18-9-11/h3-10,14H,2H2,1H3,(H,19,20). The van der Waals surface area contributed by atoms with Crippen molar-refractivity contribution in [3.8, 4) is 0 Å². The Labute approximate surface area is 136 Å². The Morgan fingerprint density at radius 1 is 1.27 bits per heavy atom. The van der Waals surface area contributed by atoms with Gasteiger partial charge in [-0.25, -0.2) is 4.79 Å². The topological polar surface area (TPSA) is 68.3 Å². The molecule has 0 aliphatic carbocycles. The fourth-order valence-corrected chi connectivity index (χ4v) is 2.15. The molecule has 1 amide bonds. The minimum atomic E-state index is -0.855. The van der Waals surface area contributed by atoms with Crippen LogP contribution in [0.1, 0.15) is 23.7 Å². The van der Waals surface area contributed by atoms with Crippen molar-refractivity contribution in [2.75, 3.05) is 5.32 Å². The SMILES string of the molecule is CCC(OC(=O)c1cncc(Br)c1)C(=O)Nc1ccccc1. The lowest BCUT2D eigenvalue weighted by atomic mass is 10.2. The van der Waals surface area contributed by atoms with Crippen molar-refractivity contribution in [1.82, 2.24) is 4.98 Å². The van der Waals surface area contributed by atoms with E-state index in [1.54, 1.807) is 31.3 Å². The van der Waals surface area contributed by atoms with Crippen LogP contribution in [0.5, 0.6) is 0 Å². The van der Waals surface area contributed by atoms with E-state index < -0.39 is 12.1 Å². The van der Waals surface area contributed by atoms with Crippen LogP contribution in [-0.4, -0.2) is 23.0 Å². The Balaban J connectivity index is 2.02. The molecular formula is C16H15BrN2O3. The number of ether oxygens (including phenoxy) is 1. The second kappa shape index (κ2) is 7.70. The Bertz CT molecular complexity index is 661. The molecule has 0 saturated carbocycles. The summed E-state index contributed by atoms with van der Waals surface area (Å²) >= 11 is 3.24. The van der Waals surface area contributed by atoms with Gasteiger partial charge in [-0.3, -0.25) is 9.78 Å². The van der Waals surface area contributed by atoms with Gasteiger partial charge in [-0.2, -0.15) is 0 Å². The zero-order valence-corrected chi connectivity index (χ0v) is 13.5. The van der Waals surface area contributed by atoms with E-state index in [0.717, 1.165) is 0 Å². The van der Waals surface area contributed by atoms with Gasteiger partial charge in [0.05, 0.1) is 5.56 Å². The van der Waals surface area contributed by atoms with E-state index in [-0.39, 0.29) is 5.91 Å². The zero-order valence-electron chi connectivity index (χ0n) is 12.0. The second-order valence-corrected chi connectivity index (χ2v) is 5.46. The van der Waals surface area contributed by atoms with Crippen LogP contribution in [-0.2, 0) is 9.53 Å². The minimum absolute atomic E-state index is 0.292. The monoisotopic (exact) mass is 362 g/mol. The number of amides is 1. The summed E-state index contributed by atoms with van der Waals surface area (Å²) < 4.78 is 5.93. The number of pyridine rings is 1. The first-order chi connectivity index (χ1) is 10.6. The summed E-state index contributed by atoms with van der Waals surface area (Å²) in [4.78, 5) is 28.1. The van der Waals surface area contributed by atoms with Gasteiger partial charge in [-0.1, -0.05) is 25.1 Å². The molecule has 6 heteroatoms. The van der Waals surface area contributed by atoms with E-state index in [4.69, 9.17) is 4.74 Å². The molecule has 5 nitrogen and oxygen atoms in total. The maximum atomic E-state index is 12.2. The molecule has 1 aromatic heterocycles. The summed E-state index contributed by atoms with van der Waals surface area (Å²) in [7, 11) is 0. The van der Waals surface area contributed by atoms with Crippen molar-refractivity contribution in [2.45, 2.75) is 19.4 Å². The number of esters is 1. The van der Waals surface area contributed by atoms with Gasteiger partial charge in [0.2, 0.25) is 0 Å². The number of nitrogens with one attached hydrogen (secondary N) is 1. The highest BCUT2D eigenvalue weighted by atomic mass is 79.9. The van der Waals surface area contributed by atoms with Crippen molar-refractivity contribution in [3.05, 3.63) is 58.8 Å². The molecule has 0 fully saturated rings. The van der Waals surface area contributed by atoms with Crippen molar-refractivity contribution >= 4 is 33.5 Å². The summed E-state index contributed by atoms with van der Waals surface area (Å²) in [6, 6.07) is 10.6. The van der Waals surface area contributed by atoms with Gasteiger partial charge in [-0.15, -0.1) is 0 Å². The van der Waals surface area contributed by atoms with Crippen LogP contribution in [0.15, 0.2) is 53.3 Å². The summed E-state index contributed by atoms with van der Waals surface area (Å²) in [5.74, 6) is -0.936. The summed E-state index contributed by atoms with van der Waals surface area (Å²) in [5, 5.41) is 2.72. The number of para-hydroxylation sites is 1. The van der Waals surface area contributed by atoms with E-state index in [1.165, 1.54) is 6.20 Å². The normalized spacial score (nSPS) is 11.5. The van der Waals surface area contributed by atoms with Gasteiger partial charge in [0.15, 0.2) is 6.10 Å². The molecule has 114 valence electrons. The van der Waals surface area contributed by atoms with Gasteiger partial charge in [-0.05, 0) is 40.5 Å². The highest BCUT2D eigenvalue weighted by Gasteiger charge is 2.22. The third-order valence-electron chi connectivity index (χ3n) is 2.89. The van der Waals surface area contributed by atoms with Crippen molar-refractivity contribution in [3.63, 3.8) is 0 Å². The first-order valence-corrected chi connectivity index (χ1v) is 7.57. The average Bonchev–Trinajstić information content (AvgIpc) is 2.53. The third-order valence-corrected chi connectivity index (χ3v) is 3.33. The predicted octanol–water partition coefficient (Wildman–Crippen LogP) is 3.42. The van der Waals surface area contributed by atoms with Gasteiger partial charge in [0, 0.05) is 22.6 Å². The summed E-state index contributed by atoms with van der Waals surface area (Å²) in [6.45, 7) is 1.78. The molecular weight excluding hydrogens is 348 g/mol. The van der Waals surface area contributed by atoms with Crippen molar-refractivity contribution in [2.24, 2.45) is 0 Å². The number of hydrogen-bond acceptors (Lipinski definition) is 4. The van der Waals surface area contributed by atoms with Gasteiger partial charge in [0.25, 0.3) is 5.91 Å². The Morgan fingerprint density at radius 2 is 2.00 bits per heavy atom. The lowest BCUT2D eigenvalue weighted by Gasteiger charge is -2.16. The highest BCUT2D eigenvalue weighted by molar-refractivity contribution is 9.10. The number of anilines is 1. The smallest absolute Gasteiger partial charge is 0.340 e. The molecule has 0 spiro atoms. The minimum Gasteiger partial charge on any atom is -0.449 e. The van der Waals surface area contributed by atoms with Gasteiger partial charge < -0.3 is 10.1 Å². The lowest BCUT2D eigenvalue weighted by Crippen LogP contribution is -2.32. The molecule has 1 N–H and O–H groups in total. The van der Waals surface area contributed by atoms with E-state index >= 15 is 0 Å². The van der Waals surface area contributed by atoms with E-state index in [2.05, 4.69) is 26.2 Å². The largest absolute Gasteiger partial charge is 0.449 e. The number of nitrogens with zero attached hydrogens (tertiary/aromatic N) is 1. The number of carbonyl (C=O) groups is 2. The number of carbonyl (C=O) groups excluding carboxylic acids is 2. The molecule has 2 rings (SSSR count). The zero-order chi connectivity index (χ0) is 15.9. The molecule has 0 bridgehead atoms. The Hall–Kier alpha value is -2.21. The number of rotatable bonds is 5. The van der Waals surface area contributed by atoms with E-state index in [0.29, 0.717) is 22.1 Å². The molecule has 1 heterocycles. The highest BCUT2D eigenvalue weighted by Crippen LogP contribution is 2.13. The fraction of sp³-hybridized carbons (Fsp3) is 0.188. The van der Waals surface area contributed by atoms with Gasteiger partial charge >= 0.3 is 5.97 Å².